The number of carboxylic acids is 1. The van der Waals surface area contributed by atoms with Crippen molar-refractivity contribution < 1.29 is 23.2 Å². The number of hydrogen-bond donors (Lipinski definition) is 2. The van der Waals surface area contributed by atoms with Crippen molar-refractivity contribution in [2.75, 3.05) is 0 Å². The topological polar surface area (TPSA) is 140 Å². The number of hydrogen-bond acceptors (Lipinski definition) is 6. The molecule has 19 heavy (non-hydrogen) atoms. The first-order valence-electron chi connectivity index (χ1n) is 5.13. The third kappa shape index (κ3) is 3.69. The Kier molecular flexibility index (Phi) is 4.51. The van der Waals surface area contributed by atoms with E-state index in [0.717, 1.165) is 18.3 Å². The minimum atomic E-state index is -4.08. The molecule has 10 heteroatoms. The molecule has 1 heterocycles. The van der Waals surface area contributed by atoms with Gasteiger partial charge >= 0.3 is 11.8 Å². The molecule has 0 unspecified atom stereocenters. The number of rotatable bonds is 6. The molecule has 0 aliphatic heterocycles. The molecule has 9 nitrogen and oxygen atoms in total. The highest BCUT2D eigenvalue weighted by atomic mass is 32.2. The van der Waals surface area contributed by atoms with Crippen molar-refractivity contribution in [3.05, 3.63) is 28.4 Å². The summed E-state index contributed by atoms with van der Waals surface area (Å²) >= 11 is 0. The van der Waals surface area contributed by atoms with Crippen LogP contribution in [0.4, 0.5) is 5.82 Å². The normalized spacial score (nSPS) is 12.9. The first-order chi connectivity index (χ1) is 8.77. The molecule has 2 N–H and O–H groups in total. The standard InChI is InChI=1S/C9H11N3O6S/c1-2-7(9(13)14)11-19(17,18)6-3-4-8(10-5-6)12(15)16/h3-5,7,11H,2H2,1H3,(H,13,14)/t7-/m1/s1. The molecule has 0 aliphatic carbocycles. The lowest BCUT2D eigenvalue weighted by atomic mass is 10.2. The van der Waals surface area contributed by atoms with E-state index in [1.165, 1.54) is 6.92 Å². The van der Waals surface area contributed by atoms with Crippen LogP contribution in [0.5, 0.6) is 0 Å². The second kappa shape index (κ2) is 5.71. The van der Waals surface area contributed by atoms with E-state index in [2.05, 4.69) is 4.98 Å². The number of nitrogens with zero attached hydrogens (tertiary/aromatic N) is 2. The van der Waals surface area contributed by atoms with Crippen molar-refractivity contribution in [2.45, 2.75) is 24.3 Å². The van der Waals surface area contributed by atoms with Crippen LogP contribution in [0, 0.1) is 10.1 Å². The minimum absolute atomic E-state index is 0.0645. The number of nitro groups is 1. The quantitative estimate of drug-likeness (QED) is 0.560. The largest absolute Gasteiger partial charge is 0.480 e. The van der Waals surface area contributed by atoms with E-state index in [1.807, 2.05) is 4.72 Å². The van der Waals surface area contributed by atoms with Gasteiger partial charge in [-0.25, -0.2) is 8.42 Å². The Morgan fingerprint density at radius 1 is 1.58 bits per heavy atom. The monoisotopic (exact) mass is 289 g/mol. The second-order valence-electron chi connectivity index (χ2n) is 3.53. The van der Waals surface area contributed by atoms with Crippen LogP contribution in [0.25, 0.3) is 0 Å². The van der Waals surface area contributed by atoms with Crippen LogP contribution in [-0.4, -0.2) is 35.4 Å². The summed E-state index contributed by atoms with van der Waals surface area (Å²) in [6.07, 6.45) is 0.865. The average Bonchev–Trinajstić information content (AvgIpc) is 2.35. The summed E-state index contributed by atoms with van der Waals surface area (Å²) in [6.45, 7) is 1.51. The summed E-state index contributed by atoms with van der Waals surface area (Å²) in [6, 6.07) is 0.651. The van der Waals surface area contributed by atoms with Crippen molar-refractivity contribution in [2.24, 2.45) is 0 Å². The van der Waals surface area contributed by atoms with E-state index in [-0.39, 0.29) is 11.3 Å². The minimum Gasteiger partial charge on any atom is -0.480 e. The fourth-order valence-electron chi connectivity index (χ4n) is 1.20. The molecule has 0 amide bonds. The fraction of sp³-hybridized carbons (Fsp3) is 0.333. The number of pyridine rings is 1. The van der Waals surface area contributed by atoms with Crippen molar-refractivity contribution >= 4 is 21.8 Å². The van der Waals surface area contributed by atoms with Crippen LogP contribution in [0.2, 0.25) is 0 Å². The number of carbonyl (C=O) groups is 1. The molecular weight excluding hydrogens is 278 g/mol. The molecule has 0 bridgehead atoms. The van der Waals surface area contributed by atoms with Crippen LogP contribution < -0.4 is 4.72 Å². The van der Waals surface area contributed by atoms with Gasteiger partial charge in [0.1, 0.15) is 10.9 Å². The van der Waals surface area contributed by atoms with Crippen molar-refractivity contribution in [1.29, 1.82) is 0 Å². The number of nitrogens with one attached hydrogen (secondary N) is 1. The lowest BCUT2D eigenvalue weighted by Gasteiger charge is -2.11. The highest BCUT2D eigenvalue weighted by molar-refractivity contribution is 7.89. The predicted octanol–water partition coefficient (Wildman–Crippen LogP) is 0.131. The Morgan fingerprint density at radius 2 is 2.21 bits per heavy atom. The van der Waals surface area contributed by atoms with E-state index in [1.54, 1.807) is 0 Å². The summed E-state index contributed by atoms with van der Waals surface area (Å²) in [5.74, 6) is -1.80. The Hall–Kier alpha value is -2.07. The predicted molar refractivity (Wildman–Crippen MR) is 62.9 cm³/mol. The number of carboxylic acid groups (broad SMARTS) is 1. The molecule has 0 aliphatic rings. The first-order valence-corrected chi connectivity index (χ1v) is 6.62. The third-order valence-corrected chi connectivity index (χ3v) is 3.68. The van der Waals surface area contributed by atoms with Crippen LogP contribution in [0.1, 0.15) is 13.3 Å². The fourth-order valence-corrected chi connectivity index (χ4v) is 2.42. The molecule has 0 fully saturated rings. The highest BCUT2D eigenvalue weighted by Gasteiger charge is 2.25. The molecule has 0 aromatic carbocycles. The van der Waals surface area contributed by atoms with E-state index >= 15 is 0 Å². The maximum absolute atomic E-state index is 11.8. The first kappa shape index (κ1) is 15.0. The molecule has 0 saturated carbocycles. The Labute approximate surface area is 108 Å². The maximum atomic E-state index is 11.8. The molecule has 1 aromatic rings. The van der Waals surface area contributed by atoms with E-state index < -0.39 is 32.8 Å². The van der Waals surface area contributed by atoms with Gasteiger partial charge in [0, 0.05) is 6.07 Å². The van der Waals surface area contributed by atoms with Gasteiger partial charge in [-0.15, -0.1) is 0 Å². The van der Waals surface area contributed by atoms with Crippen LogP contribution in [0.15, 0.2) is 23.2 Å². The van der Waals surface area contributed by atoms with Gasteiger partial charge in [0.2, 0.25) is 10.0 Å². The summed E-state index contributed by atoms with van der Waals surface area (Å²) in [5.41, 5.74) is 0. The van der Waals surface area contributed by atoms with Gasteiger partial charge in [0.25, 0.3) is 0 Å². The molecule has 1 aromatic heterocycles. The second-order valence-corrected chi connectivity index (χ2v) is 5.24. The molecular formula is C9H11N3O6S. The smallest absolute Gasteiger partial charge is 0.363 e. The lowest BCUT2D eigenvalue weighted by Crippen LogP contribution is -2.40. The molecule has 0 radical (unpaired) electrons. The maximum Gasteiger partial charge on any atom is 0.363 e. The molecule has 1 rings (SSSR count). The van der Waals surface area contributed by atoms with E-state index in [0.29, 0.717) is 0 Å². The van der Waals surface area contributed by atoms with E-state index in [9.17, 15) is 23.3 Å². The molecule has 104 valence electrons. The highest BCUT2D eigenvalue weighted by Crippen LogP contribution is 2.13. The molecule has 1 atom stereocenters. The zero-order valence-corrected chi connectivity index (χ0v) is 10.6. The Balaban J connectivity index is 3.00. The van der Waals surface area contributed by atoms with Gasteiger partial charge < -0.3 is 15.2 Å². The summed E-state index contributed by atoms with van der Waals surface area (Å²) < 4.78 is 25.6. The zero-order chi connectivity index (χ0) is 14.6. The molecule has 0 saturated heterocycles. The van der Waals surface area contributed by atoms with Gasteiger partial charge in [-0.3, -0.25) is 4.79 Å². The van der Waals surface area contributed by atoms with Crippen molar-refractivity contribution in [1.82, 2.24) is 9.71 Å². The van der Waals surface area contributed by atoms with Crippen LogP contribution in [0.3, 0.4) is 0 Å². The number of sulfonamides is 1. The van der Waals surface area contributed by atoms with Gasteiger partial charge in [-0.2, -0.15) is 4.72 Å². The zero-order valence-electron chi connectivity index (χ0n) is 9.81. The lowest BCUT2D eigenvalue weighted by molar-refractivity contribution is -0.389. The average molecular weight is 289 g/mol. The summed E-state index contributed by atoms with van der Waals surface area (Å²) in [5, 5.41) is 19.1. The van der Waals surface area contributed by atoms with Crippen molar-refractivity contribution in [3.63, 3.8) is 0 Å². The van der Waals surface area contributed by atoms with Gasteiger partial charge in [-0.05, 0) is 22.4 Å². The molecule has 0 spiro atoms. The van der Waals surface area contributed by atoms with Gasteiger partial charge in [-0.1, -0.05) is 6.92 Å². The van der Waals surface area contributed by atoms with Crippen LogP contribution in [-0.2, 0) is 14.8 Å². The van der Waals surface area contributed by atoms with Crippen molar-refractivity contribution in [3.8, 4) is 0 Å². The summed E-state index contributed by atoms with van der Waals surface area (Å²) in [7, 11) is -4.08. The Morgan fingerprint density at radius 3 is 2.58 bits per heavy atom. The SMILES string of the molecule is CC[C@@H](NS(=O)(=O)c1ccc([N+](=O)[O-])nc1)C(=O)O. The van der Waals surface area contributed by atoms with E-state index in [4.69, 9.17) is 5.11 Å². The number of aromatic nitrogens is 1. The summed E-state index contributed by atoms with van der Waals surface area (Å²) in [4.78, 5) is 23.4. The van der Waals surface area contributed by atoms with Gasteiger partial charge in [0.15, 0.2) is 6.20 Å². The Bertz CT molecular complexity index is 582. The van der Waals surface area contributed by atoms with Crippen LogP contribution >= 0.6 is 0 Å². The third-order valence-electron chi connectivity index (χ3n) is 2.22. The number of aliphatic carboxylic acids is 1. The van der Waals surface area contributed by atoms with Gasteiger partial charge in [0.05, 0.1) is 0 Å².